The topological polar surface area (TPSA) is 81.2 Å². The van der Waals surface area contributed by atoms with Crippen molar-refractivity contribution >= 4 is 0 Å². The Labute approximate surface area is 180 Å². The number of oxazole rings is 1. The van der Waals surface area contributed by atoms with E-state index in [0.29, 0.717) is 30.5 Å². The number of hydrogen-bond donors (Lipinski definition) is 0. The van der Waals surface area contributed by atoms with Crippen LogP contribution in [0.5, 0.6) is 11.6 Å². The Morgan fingerprint density at radius 3 is 2.39 bits per heavy atom. The van der Waals surface area contributed by atoms with Crippen LogP contribution in [0.25, 0.3) is 11.5 Å². The number of hydrogen-bond acceptors (Lipinski definition) is 6. The average molecular weight is 411 g/mol. The maximum Gasteiger partial charge on any atom is 0.232 e. The molecule has 0 spiro atoms. The van der Waals surface area contributed by atoms with Gasteiger partial charge in [-0.3, -0.25) is 0 Å². The summed E-state index contributed by atoms with van der Waals surface area (Å²) < 4.78 is 17.4. The Hall–Kier alpha value is -4.11. The van der Waals surface area contributed by atoms with Crippen molar-refractivity contribution in [3.05, 3.63) is 95.0 Å². The second-order valence-electron chi connectivity index (χ2n) is 7.03. The Balaban J connectivity index is 1.36. The van der Waals surface area contributed by atoms with E-state index in [2.05, 4.69) is 16.0 Å². The van der Waals surface area contributed by atoms with Crippen molar-refractivity contribution in [2.45, 2.75) is 27.1 Å². The lowest BCUT2D eigenvalue weighted by atomic mass is 10.2. The van der Waals surface area contributed by atoms with Crippen molar-refractivity contribution in [1.82, 2.24) is 9.97 Å². The summed E-state index contributed by atoms with van der Waals surface area (Å²) in [6.45, 7) is 4.37. The first-order valence-corrected chi connectivity index (χ1v) is 9.86. The zero-order valence-electron chi connectivity index (χ0n) is 17.3. The predicted octanol–water partition coefficient (Wildman–Crippen LogP) is 5.38. The van der Waals surface area contributed by atoms with Crippen molar-refractivity contribution in [1.29, 1.82) is 5.26 Å². The zero-order valence-corrected chi connectivity index (χ0v) is 17.3. The Morgan fingerprint density at radius 1 is 0.871 bits per heavy atom. The number of benzene rings is 2. The molecule has 2 aromatic heterocycles. The van der Waals surface area contributed by atoms with Gasteiger partial charge in [0, 0.05) is 11.3 Å². The fraction of sp³-hybridized carbons (Fsp3) is 0.160. The van der Waals surface area contributed by atoms with Crippen molar-refractivity contribution in [2.24, 2.45) is 0 Å². The van der Waals surface area contributed by atoms with Crippen LogP contribution in [0.1, 0.15) is 28.3 Å². The van der Waals surface area contributed by atoms with E-state index in [4.69, 9.17) is 13.9 Å². The SMILES string of the molecule is Cc1ccc(C#N)c(OCc2ccc(OCc3nc(-c4ccccc4)oc3C)cc2)n1. The van der Waals surface area contributed by atoms with Gasteiger partial charge in [-0.2, -0.15) is 5.26 Å². The van der Waals surface area contributed by atoms with Gasteiger partial charge in [-0.25, -0.2) is 9.97 Å². The second-order valence-corrected chi connectivity index (χ2v) is 7.03. The number of rotatable bonds is 7. The van der Waals surface area contributed by atoms with Gasteiger partial charge in [0.15, 0.2) is 0 Å². The van der Waals surface area contributed by atoms with Crippen molar-refractivity contribution in [3.8, 4) is 29.2 Å². The van der Waals surface area contributed by atoms with Gasteiger partial charge in [-0.1, -0.05) is 30.3 Å². The molecule has 0 saturated heterocycles. The van der Waals surface area contributed by atoms with Crippen LogP contribution < -0.4 is 9.47 Å². The van der Waals surface area contributed by atoms with Gasteiger partial charge in [0.05, 0.1) is 0 Å². The quantitative estimate of drug-likeness (QED) is 0.406. The molecule has 154 valence electrons. The molecule has 6 heteroatoms. The number of ether oxygens (including phenoxy) is 2. The van der Waals surface area contributed by atoms with Crippen LogP contribution in [0.2, 0.25) is 0 Å². The summed E-state index contributed by atoms with van der Waals surface area (Å²) >= 11 is 0. The molecular weight excluding hydrogens is 390 g/mol. The van der Waals surface area contributed by atoms with E-state index in [0.717, 1.165) is 34.0 Å². The van der Waals surface area contributed by atoms with Gasteiger partial charge in [-0.05, 0) is 55.8 Å². The molecule has 0 bridgehead atoms. The highest BCUT2D eigenvalue weighted by molar-refractivity contribution is 5.53. The predicted molar refractivity (Wildman–Crippen MR) is 115 cm³/mol. The molecule has 4 aromatic rings. The molecule has 2 heterocycles. The molecule has 4 rings (SSSR count). The molecule has 31 heavy (non-hydrogen) atoms. The van der Waals surface area contributed by atoms with Crippen LogP contribution in [0.3, 0.4) is 0 Å². The molecule has 0 saturated carbocycles. The molecule has 0 fully saturated rings. The summed E-state index contributed by atoms with van der Waals surface area (Å²) in [5.41, 5.74) is 3.87. The zero-order chi connectivity index (χ0) is 21.6. The van der Waals surface area contributed by atoms with Gasteiger partial charge in [0.2, 0.25) is 11.8 Å². The summed E-state index contributed by atoms with van der Waals surface area (Å²) in [5.74, 6) is 2.39. The van der Waals surface area contributed by atoms with Gasteiger partial charge in [-0.15, -0.1) is 0 Å². The normalized spacial score (nSPS) is 10.5. The fourth-order valence-corrected chi connectivity index (χ4v) is 2.98. The van der Waals surface area contributed by atoms with E-state index >= 15 is 0 Å². The van der Waals surface area contributed by atoms with E-state index in [-0.39, 0.29) is 0 Å². The van der Waals surface area contributed by atoms with Gasteiger partial charge in [0.25, 0.3) is 0 Å². The Morgan fingerprint density at radius 2 is 1.65 bits per heavy atom. The first kappa shape index (κ1) is 20.2. The van der Waals surface area contributed by atoms with Crippen LogP contribution >= 0.6 is 0 Å². The largest absolute Gasteiger partial charge is 0.487 e. The Kier molecular flexibility index (Phi) is 5.95. The monoisotopic (exact) mass is 411 g/mol. The maximum absolute atomic E-state index is 9.18. The lowest BCUT2D eigenvalue weighted by Gasteiger charge is -2.09. The number of aromatic nitrogens is 2. The van der Waals surface area contributed by atoms with Crippen LogP contribution in [0.4, 0.5) is 0 Å². The summed E-state index contributed by atoms with van der Waals surface area (Å²) in [6, 6.07) is 23.0. The minimum absolute atomic E-state index is 0.314. The molecule has 2 aromatic carbocycles. The first-order chi connectivity index (χ1) is 15.1. The lowest BCUT2D eigenvalue weighted by Crippen LogP contribution is -2.01. The summed E-state index contributed by atoms with van der Waals surface area (Å²) in [6.07, 6.45) is 0. The van der Waals surface area contributed by atoms with Crippen molar-refractivity contribution < 1.29 is 13.9 Å². The highest BCUT2D eigenvalue weighted by atomic mass is 16.5. The van der Waals surface area contributed by atoms with E-state index in [9.17, 15) is 5.26 Å². The molecule has 0 N–H and O–H groups in total. The number of nitrogens with zero attached hydrogens (tertiary/aromatic N) is 3. The molecule has 0 amide bonds. The third-order valence-corrected chi connectivity index (χ3v) is 4.71. The van der Waals surface area contributed by atoms with Crippen LogP contribution in [0.15, 0.2) is 71.1 Å². The van der Waals surface area contributed by atoms with Gasteiger partial charge in [0.1, 0.15) is 42.1 Å². The van der Waals surface area contributed by atoms with E-state index in [1.54, 1.807) is 12.1 Å². The van der Waals surface area contributed by atoms with E-state index in [1.165, 1.54) is 0 Å². The van der Waals surface area contributed by atoms with Crippen molar-refractivity contribution in [3.63, 3.8) is 0 Å². The molecule has 6 nitrogen and oxygen atoms in total. The highest BCUT2D eigenvalue weighted by Crippen LogP contribution is 2.23. The first-order valence-electron chi connectivity index (χ1n) is 9.86. The van der Waals surface area contributed by atoms with E-state index < -0.39 is 0 Å². The smallest absolute Gasteiger partial charge is 0.232 e. The van der Waals surface area contributed by atoms with E-state index in [1.807, 2.05) is 68.4 Å². The minimum Gasteiger partial charge on any atom is -0.487 e. The summed E-state index contributed by atoms with van der Waals surface area (Å²) in [5, 5.41) is 9.18. The number of nitriles is 1. The molecule has 0 unspecified atom stereocenters. The van der Waals surface area contributed by atoms with Crippen LogP contribution in [-0.4, -0.2) is 9.97 Å². The highest BCUT2D eigenvalue weighted by Gasteiger charge is 2.12. The minimum atomic E-state index is 0.314. The Bertz CT molecular complexity index is 1210. The van der Waals surface area contributed by atoms with Crippen LogP contribution in [-0.2, 0) is 13.2 Å². The van der Waals surface area contributed by atoms with Crippen molar-refractivity contribution in [2.75, 3.05) is 0 Å². The molecule has 0 aliphatic rings. The summed E-state index contributed by atoms with van der Waals surface area (Å²) in [4.78, 5) is 8.84. The standard InChI is InChI=1S/C25H21N3O3/c1-17-8-11-21(14-26)24(27-17)30-15-19-9-12-22(13-10-19)29-16-23-18(2)31-25(28-23)20-6-4-3-5-7-20/h3-13H,15-16H2,1-2H3. The van der Waals surface area contributed by atoms with Gasteiger partial charge >= 0.3 is 0 Å². The third-order valence-electron chi connectivity index (χ3n) is 4.71. The summed E-state index contributed by atoms with van der Waals surface area (Å²) in [7, 11) is 0. The molecule has 0 aliphatic heterocycles. The van der Waals surface area contributed by atoms with Gasteiger partial charge < -0.3 is 13.9 Å². The average Bonchev–Trinajstić information content (AvgIpc) is 3.18. The number of aryl methyl sites for hydroxylation is 2. The molecular formula is C25H21N3O3. The second kappa shape index (κ2) is 9.14. The molecule has 0 aliphatic carbocycles. The number of pyridine rings is 1. The lowest BCUT2D eigenvalue weighted by molar-refractivity contribution is 0.289. The maximum atomic E-state index is 9.18. The molecule has 0 radical (unpaired) electrons. The third kappa shape index (κ3) is 4.90. The fourth-order valence-electron chi connectivity index (χ4n) is 2.98. The molecule has 0 atom stereocenters. The van der Waals surface area contributed by atoms with Crippen LogP contribution in [0, 0.1) is 25.2 Å².